The van der Waals surface area contributed by atoms with Gasteiger partial charge in [0.05, 0.1) is 28.3 Å². The van der Waals surface area contributed by atoms with Crippen LogP contribution in [0.3, 0.4) is 0 Å². The highest BCUT2D eigenvalue weighted by Gasteiger charge is 2.41. The van der Waals surface area contributed by atoms with Crippen LogP contribution in [-0.4, -0.2) is 17.4 Å². The maximum atomic E-state index is 13.3. The van der Waals surface area contributed by atoms with Crippen molar-refractivity contribution in [1.82, 2.24) is 5.32 Å². The number of para-hydroxylation sites is 1. The van der Waals surface area contributed by atoms with Crippen LogP contribution in [0.15, 0.2) is 70.4 Å². The van der Waals surface area contributed by atoms with Gasteiger partial charge in [-0.3, -0.25) is 9.59 Å². The van der Waals surface area contributed by atoms with Gasteiger partial charge in [-0.15, -0.1) is 0 Å². The molecular formula is C28H28ClN3O2S. The Kier molecular flexibility index (Phi) is 7.39. The van der Waals surface area contributed by atoms with Crippen molar-refractivity contribution in [2.75, 3.05) is 11.1 Å². The SMILES string of the molecule is CCc1ccccc1NC(=O)CSC1=C(C#N)[C@H](c2ccc(Cl)cc2)C2=C(CC(C)(C)CC2=O)N1. The van der Waals surface area contributed by atoms with Gasteiger partial charge >= 0.3 is 0 Å². The number of carbonyl (C=O) groups excluding carboxylic acids is 2. The molecule has 1 atom stereocenters. The summed E-state index contributed by atoms with van der Waals surface area (Å²) in [6, 6.07) is 17.3. The van der Waals surface area contributed by atoms with Crippen molar-refractivity contribution in [3.8, 4) is 6.07 Å². The number of nitrogens with one attached hydrogen (secondary N) is 2. The summed E-state index contributed by atoms with van der Waals surface area (Å²) >= 11 is 7.40. The zero-order valence-electron chi connectivity index (χ0n) is 20.1. The van der Waals surface area contributed by atoms with E-state index in [9.17, 15) is 14.9 Å². The summed E-state index contributed by atoms with van der Waals surface area (Å²) in [5, 5.41) is 17.7. The lowest BCUT2D eigenvalue weighted by molar-refractivity contribution is -0.118. The van der Waals surface area contributed by atoms with E-state index in [4.69, 9.17) is 11.6 Å². The Labute approximate surface area is 215 Å². The van der Waals surface area contributed by atoms with Gasteiger partial charge in [-0.25, -0.2) is 0 Å². The summed E-state index contributed by atoms with van der Waals surface area (Å²) in [6.45, 7) is 6.19. The van der Waals surface area contributed by atoms with Crippen molar-refractivity contribution in [3.63, 3.8) is 0 Å². The average molecular weight is 506 g/mol. The molecule has 0 fully saturated rings. The smallest absolute Gasteiger partial charge is 0.234 e. The lowest BCUT2D eigenvalue weighted by Gasteiger charge is -2.39. The summed E-state index contributed by atoms with van der Waals surface area (Å²) in [4.78, 5) is 26.1. The quantitative estimate of drug-likeness (QED) is 0.478. The second-order valence-electron chi connectivity index (χ2n) is 9.64. The van der Waals surface area contributed by atoms with E-state index < -0.39 is 5.92 Å². The Morgan fingerprint density at radius 3 is 2.60 bits per heavy atom. The minimum Gasteiger partial charge on any atom is -0.352 e. The van der Waals surface area contributed by atoms with Gasteiger partial charge in [-0.05, 0) is 47.6 Å². The van der Waals surface area contributed by atoms with Gasteiger partial charge in [0, 0.05) is 28.4 Å². The van der Waals surface area contributed by atoms with Crippen LogP contribution in [0.5, 0.6) is 0 Å². The van der Waals surface area contributed by atoms with Gasteiger partial charge in [0.25, 0.3) is 0 Å². The van der Waals surface area contributed by atoms with E-state index >= 15 is 0 Å². The van der Waals surface area contributed by atoms with Crippen LogP contribution in [0, 0.1) is 16.7 Å². The normalized spacial score (nSPS) is 19.1. The van der Waals surface area contributed by atoms with E-state index in [0.717, 1.165) is 28.9 Å². The molecular weight excluding hydrogens is 478 g/mol. The Bertz CT molecular complexity index is 1270. The largest absolute Gasteiger partial charge is 0.352 e. The number of amides is 1. The van der Waals surface area contributed by atoms with Gasteiger partial charge in [0.15, 0.2) is 5.78 Å². The average Bonchev–Trinajstić information content (AvgIpc) is 2.82. The van der Waals surface area contributed by atoms with E-state index in [1.807, 2.05) is 43.3 Å². The Balaban J connectivity index is 1.64. The Hall–Kier alpha value is -3.01. The third-order valence-electron chi connectivity index (χ3n) is 6.35. The number of thioether (sulfide) groups is 1. The predicted molar refractivity (Wildman–Crippen MR) is 142 cm³/mol. The maximum absolute atomic E-state index is 13.3. The molecule has 1 aliphatic heterocycles. The van der Waals surface area contributed by atoms with Crippen molar-refractivity contribution in [2.24, 2.45) is 5.41 Å². The highest BCUT2D eigenvalue weighted by Crippen LogP contribution is 2.47. The molecule has 1 heterocycles. The number of aryl methyl sites for hydroxylation is 1. The molecule has 0 unspecified atom stereocenters. The molecule has 2 aromatic rings. The predicted octanol–water partition coefficient (Wildman–Crippen LogP) is 6.34. The topological polar surface area (TPSA) is 82.0 Å². The molecule has 35 heavy (non-hydrogen) atoms. The number of benzene rings is 2. The van der Waals surface area contributed by atoms with Gasteiger partial charge in [-0.2, -0.15) is 5.26 Å². The highest BCUT2D eigenvalue weighted by atomic mass is 35.5. The lowest BCUT2D eigenvalue weighted by atomic mass is 9.69. The molecule has 4 rings (SSSR count). The molecule has 1 aliphatic carbocycles. The van der Waals surface area contributed by atoms with Crippen molar-refractivity contribution < 1.29 is 9.59 Å². The van der Waals surface area contributed by atoms with Gasteiger partial charge in [0.1, 0.15) is 0 Å². The molecule has 0 saturated carbocycles. The first-order valence-electron chi connectivity index (χ1n) is 11.7. The van der Waals surface area contributed by atoms with Crippen LogP contribution in [0.25, 0.3) is 0 Å². The molecule has 2 N–H and O–H groups in total. The second kappa shape index (κ2) is 10.3. The van der Waals surface area contributed by atoms with E-state index in [2.05, 4.69) is 30.6 Å². The number of ketones is 1. The number of nitriles is 1. The molecule has 0 spiro atoms. The number of Topliss-reactive ketones (excluding diaryl/α,β-unsaturated/α-hetero) is 1. The summed E-state index contributed by atoms with van der Waals surface area (Å²) in [7, 11) is 0. The van der Waals surface area contributed by atoms with Crippen LogP contribution < -0.4 is 10.6 Å². The highest BCUT2D eigenvalue weighted by molar-refractivity contribution is 8.03. The third kappa shape index (κ3) is 5.47. The zero-order chi connectivity index (χ0) is 25.2. The monoisotopic (exact) mass is 505 g/mol. The fourth-order valence-corrected chi connectivity index (χ4v) is 5.74. The molecule has 2 aromatic carbocycles. The van der Waals surface area contributed by atoms with Crippen LogP contribution >= 0.6 is 23.4 Å². The first-order chi connectivity index (χ1) is 16.7. The van der Waals surface area contributed by atoms with Gasteiger partial charge < -0.3 is 10.6 Å². The number of hydrogen-bond donors (Lipinski definition) is 2. The number of anilines is 1. The third-order valence-corrected chi connectivity index (χ3v) is 7.62. The van der Waals surface area contributed by atoms with Crippen molar-refractivity contribution in [3.05, 3.63) is 86.6 Å². The molecule has 0 bridgehead atoms. The van der Waals surface area contributed by atoms with E-state index in [1.165, 1.54) is 11.8 Å². The number of rotatable bonds is 6. The minimum absolute atomic E-state index is 0.0504. The minimum atomic E-state index is -0.483. The number of allylic oxidation sites excluding steroid dienone is 3. The van der Waals surface area contributed by atoms with Crippen molar-refractivity contribution >= 4 is 40.7 Å². The summed E-state index contributed by atoms with van der Waals surface area (Å²) < 4.78 is 0. The van der Waals surface area contributed by atoms with Crippen molar-refractivity contribution in [2.45, 2.75) is 46.0 Å². The fourth-order valence-electron chi connectivity index (χ4n) is 4.75. The number of nitrogens with zero attached hydrogens (tertiary/aromatic N) is 1. The van der Waals surface area contributed by atoms with Gasteiger partial charge in [0.2, 0.25) is 5.91 Å². The molecule has 0 aromatic heterocycles. The maximum Gasteiger partial charge on any atom is 0.234 e. The number of carbonyl (C=O) groups is 2. The zero-order valence-corrected chi connectivity index (χ0v) is 21.6. The molecule has 7 heteroatoms. The number of halogens is 1. The van der Waals surface area contributed by atoms with Crippen LogP contribution in [0.2, 0.25) is 5.02 Å². The molecule has 180 valence electrons. The van der Waals surface area contributed by atoms with Gasteiger partial charge in [-0.1, -0.05) is 74.5 Å². The lowest BCUT2D eigenvalue weighted by Crippen LogP contribution is -2.37. The summed E-state index contributed by atoms with van der Waals surface area (Å²) in [6.07, 6.45) is 1.94. The standard InChI is InChI=1S/C28H28ClN3O2S/c1-4-17-7-5-6-8-21(17)31-24(34)16-35-27-20(15-30)25(18-9-11-19(29)12-10-18)26-22(32-27)13-28(2,3)14-23(26)33/h5-12,25,32H,4,13-14,16H2,1-3H3,(H,31,34)/t25-/m0/s1. The molecule has 1 amide bonds. The van der Waals surface area contributed by atoms with Crippen molar-refractivity contribution in [1.29, 1.82) is 5.26 Å². The van der Waals surface area contributed by atoms with E-state index in [1.54, 1.807) is 12.1 Å². The van der Waals surface area contributed by atoms with Crippen LogP contribution in [0.4, 0.5) is 5.69 Å². The van der Waals surface area contributed by atoms with Crippen LogP contribution in [0.1, 0.15) is 50.7 Å². The van der Waals surface area contributed by atoms with Crippen LogP contribution in [-0.2, 0) is 16.0 Å². The molecule has 0 saturated heterocycles. The van der Waals surface area contributed by atoms with E-state index in [-0.39, 0.29) is 22.9 Å². The number of dihydropyridines is 1. The Morgan fingerprint density at radius 1 is 1.20 bits per heavy atom. The second-order valence-corrected chi connectivity index (χ2v) is 11.1. The number of hydrogen-bond acceptors (Lipinski definition) is 5. The molecule has 0 radical (unpaired) electrons. The Morgan fingerprint density at radius 2 is 1.91 bits per heavy atom. The van der Waals surface area contributed by atoms with E-state index in [0.29, 0.717) is 34.0 Å². The summed E-state index contributed by atoms with van der Waals surface area (Å²) in [5.74, 6) is -0.443. The summed E-state index contributed by atoms with van der Waals surface area (Å²) in [5.41, 5.74) is 4.46. The molecule has 5 nitrogen and oxygen atoms in total. The first-order valence-corrected chi connectivity index (χ1v) is 13.0. The molecule has 2 aliphatic rings. The fraction of sp³-hybridized carbons (Fsp3) is 0.321. The first kappa shape index (κ1) is 25.1.